The molecule has 0 atom stereocenters. The van der Waals surface area contributed by atoms with Crippen molar-refractivity contribution in [2.75, 3.05) is 6.54 Å². The highest BCUT2D eigenvalue weighted by Gasteiger charge is 2.15. The quantitative estimate of drug-likeness (QED) is 0.310. The van der Waals surface area contributed by atoms with Crippen LogP contribution in [0.4, 0.5) is 0 Å². The number of phenolic OH excluding ortho intramolecular Hbond substituents is 1. The molecule has 2 aromatic carbocycles. The topological polar surface area (TPSA) is 49.3 Å². The molecule has 0 heterocycles. The van der Waals surface area contributed by atoms with Crippen molar-refractivity contribution in [1.82, 2.24) is 5.32 Å². The summed E-state index contributed by atoms with van der Waals surface area (Å²) in [7, 11) is 0. The van der Waals surface area contributed by atoms with E-state index in [-0.39, 0.29) is 17.2 Å². The molecule has 0 unspecified atom stereocenters. The lowest BCUT2D eigenvalue weighted by Gasteiger charge is -2.10. The average molecular weight is 418 g/mol. The van der Waals surface area contributed by atoms with Crippen LogP contribution in [0, 0.1) is 0 Å². The molecule has 0 saturated carbocycles. The first-order valence-corrected chi connectivity index (χ1v) is 11.7. The third-order valence-electron chi connectivity index (χ3n) is 5.53. The SMILES string of the molecule is CCCCCCCCCCCCCCNC(=O)c1cc(Cl)c2ccccc2c1O. The van der Waals surface area contributed by atoms with Crippen molar-refractivity contribution in [1.29, 1.82) is 0 Å². The van der Waals surface area contributed by atoms with Crippen LogP contribution in [0.5, 0.6) is 5.75 Å². The van der Waals surface area contributed by atoms with E-state index in [4.69, 9.17) is 11.6 Å². The van der Waals surface area contributed by atoms with Crippen LogP contribution < -0.4 is 5.32 Å². The first-order valence-electron chi connectivity index (χ1n) is 11.3. The molecule has 0 spiro atoms. The van der Waals surface area contributed by atoms with Gasteiger partial charge in [0.1, 0.15) is 5.75 Å². The second-order valence-electron chi connectivity index (χ2n) is 7.95. The highest BCUT2D eigenvalue weighted by molar-refractivity contribution is 6.36. The summed E-state index contributed by atoms with van der Waals surface area (Å²) in [5, 5.41) is 15.2. The molecular weight excluding hydrogens is 382 g/mol. The van der Waals surface area contributed by atoms with Crippen molar-refractivity contribution in [3.63, 3.8) is 0 Å². The zero-order chi connectivity index (χ0) is 20.9. The number of amides is 1. The summed E-state index contributed by atoms with van der Waals surface area (Å²) in [5.41, 5.74) is 0.243. The maximum absolute atomic E-state index is 12.4. The number of aromatic hydroxyl groups is 1. The van der Waals surface area contributed by atoms with E-state index >= 15 is 0 Å². The van der Waals surface area contributed by atoms with E-state index in [1.54, 1.807) is 12.1 Å². The number of unbranched alkanes of at least 4 members (excludes halogenated alkanes) is 11. The van der Waals surface area contributed by atoms with Crippen molar-refractivity contribution < 1.29 is 9.90 Å². The van der Waals surface area contributed by atoms with Gasteiger partial charge in [0.05, 0.1) is 5.56 Å². The molecule has 0 bridgehead atoms. The number of phenols is 1. The Morgan fingerprint density at radius 1 is 0.862 bits per heavy atom. The van der Waals surface area contributed by atoms with Crippen LogP contribution in [0.2, 0.25) is 5.02 Å². The molecule has 160 valence electrons. The fourth-order valence-electron chi connectivity index (χ4n) is 3.75. The third kappa shape index (κ3) is 7.89. The van der Waals surface area contributed by atoms with Crippen LogP contribution in [0.3, 0.4) is 0 Å². The molecule has 0 radical (unpaired) electrons. The Bertz CT molecular complexity index is 760. The second-order valence-corrected chi connectivity index (χ2v) is 8.35. The van der Waals surface area contributed by atoms with Crippen molar-refractivity contribution in [2.45, 2.75) is 84.0 Å². The zero-order valence-corrected chi connectivity index (χ0v) is 18.6. The number of benzene rings is 2. The smallest absolute Gasteiger partial charge is 0.255 e. The number of fused-ring (bicyclic) bond motifs is 1. The number of carbonyl (C=O) groups excluding carboxylic acids is 1. The number of hydrogen-bond donors (Lipinski definition) is 2. The standard InChI is InChI=1S/C25H36ClNO2/c1-2-3-4-5-6-7-8-9-10-11-12-15-18-27-25(29)22-19-23(26)20-16-13-14-17-21(20)24(22)28/h13-14,16-17,19,28H,2-12,15,18H2,1H3,(H,27,29). The molecule has 2 N–H and O–H groups in total. The van der Waals surface area contributed by atoms with Gasteiger partial charge in [0.25, 0.3) is 5.91 Å². The molecule has 0 aliphatic carbocycles. The lowest BCUT2D eigenvalue weighted by molar-refractivity contribution is 0.0950. The van der Waals surface area contributed by atoms with E-state index in [1.165, 1.54) is 64.2 Å². The van der Waals surface area contributed by atoms with Crippen molar-refractivity contribution in [2.24, 2.45) is 0 Å². The molecule has 4 heteroatoms. The van der Waals surface area contributed by atoms with Gasteiger partial charge in [-0.05, 0) is 12.5 Å². The van der Waals surface area contributed by atoms with Gasteiger partial charge in [0.15, 0.2) is 0 Å². The summed E-state index contributed by atoms with van der Waals surface area (Å²) in [5.74, 6) is -0.268. The van der Waals surface area contributed by atoms with Gasteiger partial charge >= 0.3 is 0 Å². The van der Waals surface area contributed by atoms with E-state index in [0.29, 0.717) is 17.0 Å². The van der Waals surface area contributed by atoms with Crippen LogP contribution in [0.25, 0.3) is 10.8 Å². The van der Waals surface area contributed by atoms with Crippen LogP contribution >= 0.6 is 11.6 Å². The minimum Gasteiger partial charge on any atom is -0.506 e. The number of carbonyl (C=O) groups is 1. The van der Waals surface area contributed by atoms with Crippen LogP contribution in [-0.4, -0.2) is 17.6 Å². The van der Waals surface area contributed by atoms with Crippen molar-refractivity contribution in [3.8, 4) is 5.75 Å². The van der Waals surface area contributed by atoms with E-state index < -0.39 is 0 Å². The van der Waals surface area contributed by atoms with Gasteiger partial charge in [-0.1, -0.05) is 113 Å². The average Bonchev–Trinajstić information content (AvgIpc) is 2.74. The normalized spacial score (nSPS) is 11.1. The summed E-state index contributed by atoms with van der Waals surface area (Å²) in [6.07, 6.45) is 15.5. The zero-order valence-electron chi connectivity index (χ0n) is 17.8. The van der Waals surface area contributed by atoms with Crippen molar-refractivity contribution >= 4 is 28.3 Å². The molecule has 0 aliphatic heterocycles. The molecule has 0 saturated heterocycles. The van der Waals surface area contributed by atoms with Gasteiger partial charge in [-0.2, -0.15) is 0 Å². The molecule has 29 heavy (non-hydrogen) atoms. The van der Waals surface area contributed by atoms with Gasteiger partial charge in [-0.3, -0.25) is 4.79 Å². The second kappa shape index (κ2) is 13.5. The largest absolute Gasteiger partial charge is 0.506 e. The Balaban J connectivity index is 1.59. The number of nitrogens with one attached hydrogen (secondary N) is 1. The Hall–Kier alpha value is -1.74. The predicted octanol–water partition coefficient (Wildman–Crippen LogP) is 7.63. The molecule has 0 aliphatic rings. The molecule has 2 rings (SSSR count). The molecular formula is C25H36ClNO2. The van der Waals surface area contributed by atoms with E-state index in [0.717, 1.165) is 18.2 Å². The first-order chi connectivity index (χ1) is 14.1. The van der Waals surface area contributed by atoms with E-state index in [1.807, 2.05) is 18.2 Å². The first kappa shape index (κ1) is 23.5. The van der Waals surface area contributed by atoms with E-state index in [9.17, 15) is 9.90 Å². The molecule has 2 aromatic rings. The Morgan fingerprint density at radius 2 is 1.38 bits per heavy atom. The van der Waals surface area contributed by atoms with Gasteiger partial charge in [0.2, 0.25) is 0 Å². The molecule has 1 amide bonds. The molecule has 0 fully saturated rings. The lowest BCUT2D eigenvalue weighted by Crippen LogP contribution is -2.24. The minimum absolute atomic E-state index is 0.00260. The highest BCUT2D eigenvalue weighted by Crippen LogP contribution is 2.34. The summed E-state index contributed by atoms with van der Waals surface area (Å²) in [4.78, 5) is 12.4. The van der Waals surface area contributed by atoms with Crippen LogP contribution in [0.15, 0.2) is 30.3 Å². The van der Waals surface area contributed by atoms with Crippen molar-refractivity contribution in [3.05, 3.63) is 40.9 Å². The van der Waals surface area contributed by atoms with Gasteiger partial charge < -0.3 is 10.4 Å². The molecule has 0 aromatic heterocycles. The summed E-state index contributed by atoms with van der Waals surface area (Å²) in [6, 6.07) is 8.86. The van der Waals surface area contributed by atoms with Gasteiger partial charge in [-0.15, -0.1) is 0 Å². The number of hydrogen-bond acceptors (Lipinski definition) is 2. The van der Waals surface area contributed by atoms with Gasteiger partial charge in [-0.25, -0.2) is 0 Å². The summed E-state index contributed by atoms with van der Waals surface area (Å²) in [6.45, 7) is 2.88. The Morgan fingerprint density at radius 3 is 1.97 bits per heavy atom. The monoisotopic (exact) mass is 417 g/mol. The number of rotatable bonds is 14. The number of halogens is 1. The maximum atomic E-state index is 12.4. The maximum Gasteiger partial charge on any atom is 0.255 e. The molecule has 3 nitrogen and oxygen atoms in total. The predicted molar refractivity (Wildman–Crippen MR) is 124 cm³/mol. The summed E-state index contributed by atoms with van der Waals surface area (Å²) >= 11 is 6.27. The summed E-state index contributed by atoms with van der Waals surface area (Å²) < 4.78 is 0. The minimum atomic E-state index is -0.266. The van der Waals surface area contributed by atoms with Crippen LogP contribution in [0.1, 0.15) is 94.3 Å². The fourth-order valence-corrected chi connectivity index (χ4v) is 4.03. The Kier molecular flexibility index (Phi) is 10.9. The Labute approximate surface area is 180 Å². The fraction of sp³-hybridized carbons (Fsp3) is 0.560. The van der Waals surface area contributed by atoms with E-state index in [2.05, 4.69) is 12.2 Å². The lowest BCUT2D eigenvalue weighted by atomic mass is 10.0. The van der Waals surface area contributed by atoms with Gasteiger partial charge in [0, 0.05) is 22.3 Å². The third-order valence-corrected chi connectivity index (χ3v) is 5.84. The van der Waals surface area contributed by atoms with Crippen LogP contribution in [-0.2, 0) is 0 Å². The highest BCUT2D eigenvalue weighted by atomic mass is 35.5.